The molecule has 2 rings (SSSR count). The normalized spacial score (nSPS) is 13.2. The lowest BCUT2D eigenvalue weighted by Crippen LogP contribution is -3.12. The van der Waals surface area contributed by atoms with E-state index >= 15 is 0 Å². The number of hydrogen-bond donors (Lipinski definition) is 2. The number of nitrogens with zero attached hydrogens (tertiary/aromatic N) is 1. The molecule has 1 amide bonds. The van der Waals surface area contributed by atoms with Crippen molar-refractivity contribution in [2.45, 2.75) is 19.5 Å². The molecule has 0 aliphatic heterocycles. The zero-order valence-corrected chi connectivity index (χ0v) is 12.1. The molecule has 0 radical (unpaired) electrons. The standard InChI is InChI=1S/C16H17N3O2/c1-12(19(2)11-14-7-5-9-21-14)16(20)18-15-8-4-3-6-13(15)10-17/h3-9,12H,11H2,1-2H3,(H,18,20)/p+1/t12-/m0/s1. The van der Waals surface area contributed by atoms with E-state index in [1.807, 2.05) is 26.1 Å². The minimum absolute atomic E-state index is 0.123. The van der Waals surface area contributed by atoms with E-state index in [1.165, 1.54) is 0 Å². The third-order valence-corrected chi connectivity index (χ3v) is 3.47. The van der Waals surface area contributed by atoms with Crippen LogP contribution in [0, 0.1) is 11.3 Å². The quantitative estimate of drug-likeness (QED) is 0.866. The van der Waals surface area contributed by atoms with E-state index in [1.54, 1.807) is 30.5 Å². The average Bonchev–Trinajstić information content (AvgIpc) is 2.99. The molecule has 0 spiro atoms. The molecule has 0 bridgehead atoms. The number of rotatable bonds is 5. The molecule has 0 saturated carbocycles. The van der Waals surface area contributed by atoms with E-state index in [2.05, 4.69) is 11.4 Å². The highest BCUT2D eigenvalue weighted by Gasteiger charge is 2.23. The Bertz CT molecular complexity index is 644. The molecule has 2 N–H and O–H groups in total. The van der Waals surface area contributed by atoms with Gasteiger partial charge in [0.25, 0.3) is 5.91 Å². The van der Waals surface area contributed by atoms with Crippen molar-refractivity contribution in [2.75, 3.05) is 12.4 Å². The predicted molar refractivity (Wildman–Crippen MR) is 78.5 cm³/mol. The zero-order valence-electron chi connectivity index (χ0n) is 12.1. The molecule has 0 fully saturated rings. The maximum Gasteiger partial charge on any atom is 0.282 e. The second kappa shape index (κ2) is 6.73. The first-order chi connectivity index (χ1) is 10.1. The van der Waals surface area contributed by atoms with E-state index in [-0.39, 0.29) is 11.9 Å². The van der Waals surface area contributed by atoms with Crippen LogP contribution in [0.2, 0.25) is 0 Å². The van der Waals surface area contributed by atoms with E-state index in [4.69, 9.17) is 9.68 Å². The van der Waals surface area contributed by atoms with Gasteiger partial charge >= 0.3 is 0 Å². The number of quaternary nitrogens is 1. The number of carbonyl (C=O) groups is 1. The van der Waals surface area contributed by atoms with Crippen LogP contribution in [0.3, 0.4) is 0 Å². The van der Waals surface area contributed by atoms with Crippen LogP contribution in [-0.2, 0) is 11.3 Å². The summed E-state index contributed by atoms with van der Waals surface area (Å²) >= 11 is 0. The molecule has 108 valence electrons. The van der Waals surface area contributed by atoms with E-state index in [0.717, 1.165) is 10.7 Å². The molecule has 1 unspecified atom stereocenters. The van der Waals surface area contributed by atoms with Gasteiger partial charge in [-0.05, 0) is 31.2 Å². The van der Waals surface area contributed by atoms with Crippen molar-refractivity contribution in [1.29, 1.82) is 5.26 Å². The molecule has 0 aliphatic carbocycles. The summed E-state index contributed by atoms with van der Waals surface area (Å²) in [6.07, 6.45) is 1.62. The summed E-state index contributed by atoms with van der Waals surface area (Å²) < 4.78 is 5.29. The largest absolute Gasteiger partial charge is 0.463 e. The van der Waals surface area contributed by atoms with Crippen LogP contribution in [-0.4, -0.2) is 19.0 Å². The Hall–Kier alpha value is -2.58. The summed E-state index contributed by atoms with van der Waals surface area (Å²) in [5, 5.41) is 11.8. The van der Waals surface area contributed by atoms with Gasteiger partial charge in [0.2, 0.25) is 0 Å². The highest BCUT2D eigenvalue weighted by Crippen LogP contribution is 2.13. The van der Waals surface area contributed by atoms with Gasteiger partial charge in [-0.3, -0.25) is 4.79 Å². The van der Waals surface area contributed by atoms with Crippen LogP contribution in [0.5, 0.6) is 0 Å². The van der Waals surface area contributed by atoms with Crippen LogP contribution < -0.4 is 10.2 Å². The first kappa shape index (κ1) is 14.8. The van der Waals surface area contributed by atoms with Crippen LogP contribution in [0.25, 0.3) is 0 Å². The molecule has 1 aromatic heterocycles. The number of furan rings is 1. The number of anilines is 1. The maximum absolute atomic E-state index is 12.3. The summed E-state index contributed by atoms with van der Waals surface area (Å²) in [7, 11) is 1.93. The first-order valence-corrected chi connectivity index (χ1v) is 6.76. The molecule has 21 heavy (non-hydrogen) atoms. The van der Waals surface area contributed by atoms with Crippen molar-refractivity contribution in [3.63, 3.8) is 0 Å². The van der Waals surface area contributed by atoms with E-state index in [9.17, 15) is 4.79 Å². The second-order valence-corrected chi connectivity index (χ2v) is 4.97. The second-order valence-electron chi connectivity index (χ2n) is 4.97. The molecule has 1 heterocycles. The number of nitriles is 1. The van der Waals surface area contributed by atoms with Crippen LogP contribution >= 0.6 is 0 Å². The highest BCUT2D eigenvalue weighted by atomic mass is 16.3. The summed E-state index contributed by atoms with van der Waals surface area (Å²) in [5.74, 6) is 0.714. The molecule has 5 nitrogen and oxygen atoms in total. The van der Waals surface area contributed by atoms with Crippen molar-refractivity contribution in [3.8, 4) is 6.07 Å². The third kappa shape index (κ3) is 3.71. The predicted octanol–water partition coefficient (Wildman–Crippen LogP) is 1.19. The fourth-order valence-electron chi connectivity index (χ4n) is 2.00. The number of likely N-dealkylation sites (N-methyl/N-ethyl adjacent to an activating group) is 1. The van der Waals surface area contributed by atoms with Gasteiger partial charge < -0.3 is 14.6 Å². The topological polar surface area (TPSA) is 70.5 Å². The minimum Gasteiger partial charge on any atom is -0.463 e. The lowest BCUT2D eigenvalue weighted by Gasteiger charge is -2.20. The Balaban J connectivity index is 2.01. The van der Waals surface area contributed by atoms with Gasteiger partial charge in [0, 0.05) is 0 Å². The van der Waals surface area contributed by atoms with Gasteiger partial charge in [0.15, 0.2) is 11.8 Å². The minimum atomic E-state index is -0.262. The van der Waals surface area contributed by atoms with E-state index in [0.29, 0.717) is 17.8 Å². The Kier molecular flexibility index (Phi) is 4.75. The number of para-hydroxylation sites is 1. The average molecular weight is 284 g/mol. The molecular weight excluding hydrogens is 266 g/mol. The van der Waals surface area contributed by atoms with Gasteiger partial charge in [0.1, 0.15) is 12.6 Å². The molecule has 2 atom stereocenters. The van der Waals surface area contributed by atoms with Gasteiger partial charge in [0.05, 0.1) is 24.6 Å². The Labute approximate surface area is 123 Å². The van der Waals surface area contributed by atoms with Crippen LogP contribution in [0.4, 0.5) is 5.69 Å². The molecule has 0 aliphatic rings. The Morgan fingerprint density at radius 3 is 2.81 bits per heavy atom. The highest BCUT2D eigenvalue weighted by molar-refractivity contribution is 5.94. The number of amides is 1. The monoisotopic (exact) mass is 284 g/mol. The molecule has 1 aromatic carbocycles. The fourth-order valence-corrected chi connectivity index (χ4v) is 2.00. The lowest BCUT2D eigenvalue weighted by atomic mass is 10.2. The molecular formula is C16H18N3O2+. The van der Waals surface area contributed by atoms with Crippen LogP contribution in [0.15, 0.2) is 47.1 Å². The van der Waals surface area contributed by atoms with Crippen molar-refractivity contribution in [3.05, 3.63) is 54.0 Å². The van der Waals surface area contributed by atoms with Crippen molar-refractivity contribution in [1.82, 2.24) is 0 Å². The number of nitrogens with one attached hydrogen (secondary N) is 2. The van der Waals surface area contributed by atoms with Crippen molar-refractivity contribution in [2.24, 2.45) is 0 Å². The van der Waals surface area contributed by atoms with Gasteiger partial charge in [-0.15, -0.1) is 0 Å². The molecule has 2 aromatic rings. The van der Waals surface area contributed by atoms with E-state index < -0.39 is 0 Å². The Morgan fingerprint density at radius 2 is 2.14 bits per heavy atom. The molecule has 0 saturated heterocycles. The number of hydrogen-bond acceptors (Lipinski definition) is 3. The van der Waals surface area contributed by atoms with Crippen molar-refractivity contribution >= 4 is 11.6 Å². The maximum atomic E-state index is 12.3. The number of carbonyl (C=O) groups excluding carboxylic acids is 1. The molecule has 5 heteroatoms. The third-order valence-electron chi connectivity index (χ3n) is 3.47. The summed E-state index contributed by atoms with van der Waals surface area (Å²) in [6, 6.07) is 12.5. The SMILES string of the molecule is C[C@@H](C(=O)Nc1ccccc1C#N)[NH+](C)Cc1ccco1. The van der Waals surface area contributed by atoms with Gasteiger partial charge in [-0.1, -0.05) is 12.1 Å². The zero-order chi connectivity index (χ0) is 15.2. The summed E-state index contributed by atoms with van der Waals surface area (Å²) in [5.41, 5.74) is 1.00. The number of benzene rings is 1. The van der Waals surface area contributed by atoms with Crippen LogP contribution in [0.1, 0.15) is 18.2 Å². The summed E-state index contributed by atoms with van der Waals surface area (Å²) in [6.45, 7) is 2.48. The smallest absolute Gasteiger partial charge is 0.282 e. The first-order valence-electron chi connectivity index (χ1n) is 6.76. The van der Waals surface area contributed by atoms with Gasteiger partial charge in [-0.25, -0.2) is 0 Å². The van der Waals surface area contributed by atoms with Gasteiger partial charge in [-0.2, -0.15) is 5.26 Å². The fraction of sp³-hybridized carbons (Fsp3) is 0.250. The Morgan fingerprint density at radius 1 is 1.38 bits per heavy atom. The van der Waals surface area contributed by atoms with Crippen molar-refractivity contribution < 1.29 is 14.1 Å². The lowest BCUT2D eigenvalue weighted by molar-refractivity contribution is -0.908. The summed E-state index contributed by atoms with van der Waals surface area (Å²) in [4.78, 5) is 13.3.